The van der Waals surface area contributed by atoms with Crippen LogP contribution < -0.4 is 10.2 Å². The number of hydrogen-bond acceptors (Lipinski definition) is 5. The van der Waals surface area contributed by atoms with Gasteiger partial charge in [-0.1, -0.05) is 6.07 Å². The zero-order chi connectivity index (χ0) is 17.9. The molecular formula is C20H21N3O2S. The molecule has 3 heterocycles. The number of hydrogen-bond donors (Lipinski definition) is 1. The van der Waals surface area contributed by atoms with E-state index >= 15 is 0 Å². The molecule has 0 atom stereocenters. The van der Waals surface area contributed by atoms with Gasteiger partial charge in [-0.25, -0.2) is 4.98 Å². The van der Waals surface area contributed by atoms with Crippen molar-refractivity contribution in [3.63, 3.8) is 0 Å². The summed E-state index contributed by atoms with van der Waals surface area (Å²) < 4.78 is 5.59. The normalized spacial score (nSPS) is 14.0. The number of amides is 1. The second-order valence-corrected chi connectivity index (χ2v) is 7.38. The van der Waals surface area contributed by atoms with Gasteiger partial charge in [-0.2, -0.15) is 0 Å². The molecule has 4 rings (SSSR count). The number of thiazole rings is 1. The molecule has 6 heteroatoms. The van der Waals surface area contributed by atoms with Crippen molar-refractivity contribution in [1.82, 2.24) is 4.98 Å². The Balaban J connectivity index is 1.40. The minimum absolute atomic E-state index is 0.0592. The van der Waals surface area contributed by atoms with Gasteiger partial charge in [0, 0.05) is 29.8 Å². The highest BCUT2D eigenvalue weighted by Crippen LogP contribution is 2.26. The largest absolute Gasteiger partial charge is 0.459 e. The van der Waals surface area contributed by atoms with Crippen molar-refractivity contribution in [2.75, 3.05) is 23.3 Å². The standard InChI is InChI=1S/C20H21N3O2S/c1-14-7-8-18(25-14)20-22-16(13-26-20)12-19(24)21-15-5-4-6-17(11-15)23-9-2-3-10-23/h4-8,11,13H,2-3,9-10,12H2,1H3,(H,21,24). The van der Waals surface area contributed by atoms with Crippen molar-refractivity contribution in [2.24, 2.45) is 0 Å². The lowest BCUT2D eigenvalue weighted by Crippen LogP contribution is -2.18. The smallest absolute Gasteiger partial charge is 0.230 e. The predicted octanol–water partition coefficient (Wildman–Crippen LogP) is 4.49. The molecule has 0 saturated carbocycles. The van der Waals surface area contributed by atoms with E-state index in [1.807, 2.05) is 42.6 Å². The summed E-state index contributed by atoms with van der Waals surface area (Å²) in [6, 6.07) is 11.9. The summed E-state index contributed by atoms with van der Waals surface area (Å²) in [5.74, 6) is 1.54. The maximum atomic E-state index is 12.4. The van der Waals surface area contributed by atoms with E-state index in [9.17, 15) is 4.79 Å². The Hall–Kier alpha value is -2.60. The molecule has 1 amide bonds. The van der Waals surface area contributed by atoms with Crippen LogP contribution in [0.25, 0.3) is 10.8 Å². The highest BCUT2D eigenvalue weighted by molar-refractivity contribution is 7.13. The third-order valence-corrected chi connectivity index (χ3v) is 5.35. The highest BCUT2D eigenvalue weighted by atomic mass is 32.1. The van der Waals surface area contributed by atoms with Gasteiger partial charge >= 0.3 is 0 Å². The predicted molar refractivity (Wildman–Crippen MR) is 105 cm³/mol. The number of carbonyl (C=O) groups is 1. The van der Waals surface area contributed by atoms with E-state index in [4.69, 9.17) is 4.42 Å². The number of nitrogens with zero attached hydrogens (tertiary/aromatic N) is 2. The van der Waals surface area contributed by atoms with Crippen LogP contribution in [0, 0.1) is 6.92 Å². The molecule has 0 bridgehead atoms. The van der Waals surface area contributed by atoms with Crippen LogP contribution >= 0.6 is 11.3 Å². The van der Waals surface area contributed by atoms with Crippen molar-refractivity contribution in [1.29, 1.82) is 0 Å². The van der Waals surface area contributed by atoms with Crippen LogP contribution in [0.1, 0.15) is 24.3 Å². The molecule has 0 aliphatic carbocycles. The second kappa shape index (κ2) is 7.33. The zero-order valence-electron chi connectivity index (χ0n) is 14.7. The molecule has 5 nitrogen and oxygen atoms in total. The zero-order valence-corrected chi connectivity index (χ0v) is 15.5. The van der Waals surface area contributed by atoms with E-state index in [0.717, 1.165) is 41.0 Å². The van der Waals surface area contributed by atoms with Crippen molar-refractivity contribution in [3.05, 3.63) is 53.2 Å². The van der Waals surface area contributed by atoms with Crippen LogP contribution in [0.2, 0.25) is 0 Å². The molecule has 2 aromatic heterocycles. The summed E-state index contributed by atoms with van der Waals surface area (Å²) in [6.45, 7) is 4.08. The minimum atomic E-state index is -0.0592. The minimum Gasteiger partial charge on any atom is -0.459 e. The Morgan fingerprint density at radius 2 is 2.12 bits per heavy atom. The van der Waals surface area contributed by atoms with Gasteiger partial charge in [0.1, 0.15) is 5.76 Å². The van der Waals surface area contributed by atoms with Crippen molar-refractivity contribution >= 4 is 28.6 Å². The Kier molecular flexibility index (Phi) is 4.75. The summed E-state index contributed by atoms with van der Waals surface area (Å²) in [4.78, 5) is 19.2. The summed E-state index contributed by atoms with van der Waals surface area (Å²) >= 11 is 1.49. The third-order valence-electron chi connectivity index (χ3n) is 4.45. The molecular weight excluding hydrogens is 346 g/mol. The van der Waals surface area contributed by atoms with Crippen LogP contribution in [0.5, 0.6) is 0 Å². The van der Waals surface area contributed by atoms with Gasteiger partial charge in [0.2, 0.25) is 5.91 Å². The fraction of sp³-hybridized carbons (Fsp3) is 0.300. The first-order valence-electron chi connectivity index (χ1n) is 8.83. The number of aromatic nitrogens is 1. The van der Waals surface area contributed by atoms with Crippen LogP contribution in [0.15, 0.2) is 46.2 Å². The third kappa shape index (κ3) is 3.80. The summed E-state index contributed by atoms with van der Waals surface area (Å²) in [5, 5.41) is 5.70. The Morgan fingerprint density at radius 1 is 1.27 bits per heavy atom. The highest BCUT2D eigenvalue weighted by Gasteiger charge is 2.14. The molecule has 1 aliphatic heterocycles. The number of nitrogens with one attached hydrogen (secondary N) is 1. The van der Waals surface area contributed by atoms with Crippen LogP contribution in [-0.2, 0) is 11.2 Å². The second-order valence-electron chi connectivity index (χ2n) is 6.52. The molecule has 3 aromatic rings. The van der Waals surface area contributed by atoms with Crippen molar-refractivity contribution < 1.29 is 9.21 Å². The van der Waals surface area contributed by atoms with Crippen LogP contribution in [0.4, 0.5) is 11.4 Å². The van der Waals surface area contributed by atoms with Gasteiger partial charge in [-0.05, 0) is 50.1 Å². The molecule has 0 spiro atoms. The van der Waals surface area contributed by atoms with E-state index in [0.29, 0.717) is 0 Å². The lowest BCUT2D eigenvalue weighted by molar-refractivity contribution is -0.115. The lowest BCUT2D eigenvalue weighted by Gasteiger charge is -2.18. The molecule has 1 N–H and O–H groups in total. The Labute approximate surface area is 156 Å². The van der Waals surface area contributed by atoms with Gasteiger partial charge in [0.25, 0.3) is 0 Å². The first kappa shape index (κ1) is 16.8. The van der Waals surface area contributed by atoms with E-state index < -0.39 is 0 Å². The van der Waals surface area contributed by atoms with Crippen LogP contribution in [-0.4, -0.2) is 24.0 Å². The maximum Gasteiger partial charge on any atom is 0.230 e. The van der Waals surface area contributed by atoms with Crippen molar-refractivity contribution in [3.8, 4) is 10.8 Å². The number of aryl methyl sites for hydroxylation is 1. The number of carbonyl (C=O) groups excluding carboxylic acids is 1. The van der Waals surface area contributed by atoms with Gasteiger partial charge in [-0.3, -0.25) is 4.79 Å². The number of anilines is 2. The SMILES string of the molecule is Cc1ccc(-c2nc(CC(=O)Nc3cccc(N4CCCC4)c3)cs2)o1. The Bertz CT molecular complexity index is 909. The Morgan fingerprint density at radius 3 is 2.88 bits per heavy atom. The van der Waals surface area contributed by atoms with Crippen molar-refractivity contribution in [2.45, 2.75) is 26.2 Å². The van der Waals surface area contributed by atoms with Gasteiger partial charge in [0.15, 0.2) is 10.8 Å². The number of benzene rings is 1. The molecule has 1 aromatic carbocycles. The summed E-state index contributed by atoms with van der Waals surface area (Å²) in [7, 11) is 0. The first-order valence-corrected chi connectivity index (χ1v) is 9.71. The fourth-order valence-corrected chi connectivity index (χ4v) is 3.96. The molecule has 1 fully saturated rings. The van der Waals surface area contributed by atoms with E-state index in [-0.39, 0.29) is 12.3 Å². The summed E-state index contributed by atoms with van der Waals surface area (Å²) in [6.07, 6.45) is 2.72. The quantitative estimate of drug-likeness (QED) is 0.722. The lowest BCUT2D eigenvalue weighted by atomic mass is 10.2. The molecule has 0 unspecified atom stereocenters. The van der Waals surface area contributed by atoms with E-state index in [2.05, 4.69) is 21.3 Å². The van der Waals surface area contributed by atoms with E-state index in [1.54, 1.807) is 0 Å². The number of rotatable bonds is 5. The first-order chi connectivity index (χ1) is 12.7. The number of furan rings is 1. The van der Waals surface area contributed by atoms with Gasteiger partial charge in [-0.15, -0.1) is 11.3 Å². The monoisotopic (exact) mass is 367 g/mol. The average Bonchev–Trinajstić information content (AvgIpc) is 3.36. The van der Waals surface area contributed by atoms with E-state index in [1.165, 1.54) is 29.9 Å². The molecule has 134 valence electrons. The van der Waals surface area contributed by atoms with Gasteiger partial charge < -0.3 is 14.6 Å². The molecule has 1 aliphatic rings. The molecule has 1 saturated heterocycles. The van der Waals surface area contributed by atoms with Gasteiger partial charge in [0.05, 0.1) is 12.1 Å². The van der Waals surface area contributed by atoms with Crippen LogP contribution in [0.3, 0.4) is 0 Å². The molecule has 26 heavy (non-hydrogen) atoms. The molecule has 0 radical (unpaired) electrons. The fourth-order valence-electron chi connectivity index (χ4n) is 3.18. The topological polar surface area (TPSA) is 58.4 Å². The average molecular weight is 367 g/mol. The summed E-state index contributed by atoms with van der Waals surface area (Å²) in [5.41, 5.74) is 2.76. The maximum absolute atomic E-state index is 12.4.